The summed E-state index contributed by atoms with van der Waals surface area (Å²) in [6.45, 7) is 3.05. The zero-order valence-electron chi connectivity index (χ0n) is 15.2. The number of aromatic nitrogens is 2. The van der Waals surface area contributed by atoms with E-state index in [2.05, 4.69) is 4.98 Å². The van der Waals surface area contributed by atoms with Crippen LogP contribution >= 0.6 is 0 Å². The molecule has 1 N–H and O–H groups in total. The van der Waals surface area contributed by atoms with Gasteiger partial charge in [-0.1, -0.05) is 30.3 Å². The number of aliphatic hydroxyl groups excluding tert-OH is 1. The first-order valence-electron chi connectivity index (χ1n) is 9.18. The molecule has 5 nitrogen and oxygen atoms in total. The average molecular weight is 367 g/mol. The second kappa shape index (κ2) is 7.12. The van der Waals surface area contributed by atoms with Crippen molar-refractivity contribution in [3.8, 4) is 0 Å². The number of carbonyl (C=O) groups is 1. The van der Waals surface area contributed by atoms with Gasteiger partial charge in [0.2, 0.25) is 5.95 Å². The SMILES string of the molecule is Cc1cccc2nc(C(=O)N3CC[C@@H](Cc4ccc(CO)cc4)C3)c(F)n12. The normalized spacial score (nSPS) is 17.0. The van der Waals surface area contributed by atoms with Crippen LogP contribution in [0.4, 0.5) is 4.39 Å². The van der Waals surface area contributed by atoms with E-state index in [0.717, 1.165) is 18.4 Å². The van der Waals surface area contributed by atoms with Gasteiger partial charge in [0.05, 0.1) is 6.61 Å². The highest BCUT2D eigenvalue weighted by atomic mass is 19.1. The van der Waals surface area contributed by atoms with Crippen molar-refractivity contribution in [3.05, 3.63) is 70.9 Å². The highest BCUT2D eigenvalue weighted by Gasteiger charge is 2.31. The summed E-state index contributed by atoms with van der Waals surface area (Å²) in [5.41, 5.74) is 3.13. The van der Waals surface area contributed by atoms with E-state index in [9.17, 15) is 9.18 Å². The molecule has 0 bridgehead atoms. The van der Waals surface area contributed by atoms with Gasteiger partial charge in [0.25, 0.3) is 5.91 Å². The first kappa shape index (κ1) is 17.7. The predicted octanol–water partition coefficient (Wildman–Crippen LogP) is 2.98. The van der Waals surface area contributed by atoms with Crippen molar-refractivity contribution in [2.75, 3.05) is 13.1 Å². The van der Waals surface area contributed by atoms with Crippen LogP contribution in [-0.2, 0) is 13.0 Å². The summed E-state index contributed by atoms with van der Waals surface area (Å²) in [6, 6.07) is 13.2. The van der Waals surface area contributed by atoms with Crippen LogP contribution in [0.5, 0.6) is 0 Å². The van der Waals surface area contributed by atoms with Gasteiger partial charge in [0, 0.05) is 18.8 Å². The van der Waals surface area contributed by atoms with E-state index in [-0.39, 0.29) is 18.2 Å². The molecule has 140 valence electrons. The summed E-state index contributed by atoms with van der Waals surface area (Å²) < 4.78 is 16.1. The lowest BCUT2D eigenvalue weighted by Gasteiger charge is -2.15. The molecule has 4 rings (SSSR count). The topological polar surface area (TPSA) is 57.8 Å². The summed E-state index contributed by atoms with van der Waals surface area (Å²) >= 11 is 0. The van der Waals surface area contributed by atoms with Crippen molar-refractivity contribution >= 4 is 11.6 Å². The molecule has 0 radical (unpaired) electrons. The Hall–Kier alpha value is -2.73. The highest BCUT2D eigenvalue weighted by Crippen LogP contribution is 2.24. The van der Waals surface area contributed by atoms with Gasteiger partial charge >= 0.3 is 0 Å². The molecule has 6 heteroatoms. The van der Waals surface area contributed by atoms with Gasteiger partial charge in [0.15, 0.2) is 5.69 Å². The van der Waals surface area contributed by atoms with Crippen molar-refractivity contribution in [3.63, 3.8) is 0 Å². The fraction of sp³-hybridized carbons (Fsp3) is 0.333. The lowest BCUT2D eigenvalue weighted by atomic mass is 9.98. The molecule has 2 aromatic heterocycles. The van der Waals surface area contributed by atoms with Crippen LogP contribution in [0.3, 0.4) is 0 Å². The molecule has 1 aromatic carbocycles. The summed E-state index contributed by atoms with van der Waals surface area (Å²) in [5.74, 6) is -0.583. The Morgan fingerprint density at radius 3 is 2.67 bits per heavy atom. The van der Waals surface area contributed by atoms with Crippen molar-refractivity contribution in [1.82, 2.24) is 14.3 Å². The lowest BCUT2D eigenvalue weighted by Crippen LogP contribution is -2.30. The third kappa shape index (κ3) is 3.32. The Labute approximate surface area is 157 Å². The van der Waals surface area contributed by atoms with Crippen molar-refractivity contribution in [1.29, 1.82) is 0 Å². The zero-order chi connectivity index (χ0) is 19.0. The Balaban J connectivity index is 1.47. The number of rotatable bonds is 4. The maximum atomic E-state index is 14.7. The van der Waals surface area contributed by atoms with E-state index >= 15 is 0 Å². The Morgan fingerprint density at radius 2 is 1.96 bits per heavy atom. The van der Waals surface area contributed by atoms with Crippen molar-refractivity contribution < 1.29 is 14.3 Å². The molecule has 1 aliphatic heterocycles. The first-order chi connectivity index (χ1) is 13.1. The standard InChI is InChI=1S/C21H22FN3O2/c1-14-3-2-4-18-23-19(20(22)25(14)18)21(27)24-10-9-17(12-24)11-15-5-7-16(13-26)8-6-15/h2-8,17,26H,9-13H2,1H3/t17-/m0/s1. The number of nitrogens with zero attached hydrogens (tertiary/aromatic N) is 3. The first-order valence-corrected chi connectivity index (χ1v) is 9.18. The molecule has 1 aliphatic rings. The van der Waals surface area contributed by atoms with Gasteiger partial charge in [-0.05, 0) is 48.9 Å². The van der Waals surface area contributed by atoms with Gasteiger partial charge < -0.3 is 10.0 Å². The molecule has 3 heterocycles. The summed E-state index contributed by atoms with van der Waals surface area (Å²) in [7, 11) is 0. The Bertz CT molecular complexity index is 981. The van der Waals surface area contributed by atoms with E-state index in [1.54, 1.807) is 30.0 Å². The number of amides is 1. The number of benzene rings is 1. The van der Waals surface area contributed by atoms with Gasteiger partial charge in [-0.2, -0.15) is 4.39 Å². The van der Waals surface area contributed by atoms with Gasteiger partial charge in [-0.25, -0.2) is 4.98 Å². The van der Waals surface area contributed by atoms with E-state index < -0.39 is 5.95 Å². The number of imidazole rings is 1. The Kier molecular flexibility index (Phi) is 4.66. The number of likely N-dealkylation sites (tertiary alicyclic amines) is 1. The molecule has 1 fully saturated rings. The predicted molar refractivity (Wildman–Crippen MR) is 100.0 cm³/mol. The minimum atomic E-state index is -0.587. The van der Waals surface area contributed by atoms with E-state index in [1.165, 1.54) is 9.96 Å². The summed E-state index contributed by atoms with van der Waals surface area (Å²) in [4.78, 5) is 18.7. The fourth-order valence-electron chi connectivity index (χ4n) is 3.80. The Morgan fingerprint density at radius 1 is 1.22 bits per heavy atom. The van der Waals surface area contributed by atoms with Crippen LogP contribution in [0, 0.1) is 18.8 Å². The number of carbonyl (C=O) groups excluding carboxylic acids is 1. The van der Waals surface area contributed by atoms with Crippen molar-refractivity contribution in [2.24, 2.45) is 5.92 Å². The largest absolute Gasteiger partial charge is 0.392 e. The molecule has 27 heavy (non-hydrogen) atoms. The molecule has 0 saturated carbocycles. The fourth-order valence-corrected chi connectivity index (χ4v) is 3.80. The minimum absolute atomic E-state index is 0.0377. The highest BCUT2D eigenvalue weighted by molar-refractivity contribution is 5.93. The number of fused-ring (bicyclic) bond motifs is 1. The van der Waals surface area contributed by atoms with E-state index in [0.29, 0.717) is 30.3 Å². The van der Waals surface area contributed by atoms with Crippen LogP contribution in [-0.4, -0.2) is 38.4 Å². The monoisotopic (exact) mass is 367 g/mol. The van der Waals surface area contributed by atoms with Crippen LogP contribution in [0.2, 0.25) is 0 Å². The number of hydrogen-bond donors (Lipinski definition) is 1. The van der Waals surface area contributed by atoms with Crippen molar-refractivity contribution in [2.45, 2.75) is 26.4 Å². The van der Waals surface area contributed by atoms with Crippen LogP contribution in [0.1, 0.15) is 33.7 Å². The average Bonchev–Trinajstić information content (AvgIpc) is 3.27. The third-order valence-electron chi connectivity index (χ3n) is 5.29. The molecule has 1 atom stereocenters. The van der Waals surface area contributed by atoms with Crippen LogP contribution in [0.25, 0.3) is 5.65 Å². The van der Waals surface area contributed by atoms with Gasteiger partial charge in [-0.3, -0.25) is 9.20 Å². The molecule has 1 saturated heterocycles. The van der Waals surface area contributed by atoms with E-state index in [1.807, 2.05) is 24.3 Å². The smallest absolute Gasteiger partial charge is 0.277 e. The van der Waals surface area contributed by atoms with Crippen LogP contribution < -0.4 is 0 Å². The molecule has 0 unspecified atom stereocenters. The molecular formula is C21H22FN3O2. The molecular weight excluding hydrogens is 345 g/mol. The minimum Gasteiger partial charge on any atom is -0.392 e. The maximum Gasteiger partial charge on any atom is 0.277 e. The number of halogens is 1. The second-order valence-electron chi connectivity index (χ2n) is 7.20. The summed E-state index contributed by atoms with van der Waals surface area (Å²) in [5, 5.41) is 9.13. The van der Waals surface area contributed by atoms with Gasteiger partial charge in [-0.15, -0.1) is 0 Å². The summed E-state index contributed by atoms with van der Waals surface area (Å²) in [6.07, 6.45) is 1.75. The second-order valence-corrected chi connectivity index (χ2v) is 7.20. The maximum absolute atomic E-state index is 14.7. The lowest BCUT2D eigenvalue weighted by molar-refractivity contribution is 0.0776. The molecule has 1 amide bonds. The molecule has 0 spiro atoms. The molecule has 3 aromatic rings. The third-order valence-corrected chi connectivity index (χ3v) is 5.29. The quantitative estimate of drug-likeness (QED) is 0.771. The van der Waals surface area contributed by atoms with E-state index in [4.69, 9.17) is 5.11 Å². The van der Waals surface area contributed by atoms with Crippen LogP contribution in [0.15, 0.2) is 42.5 Å². The number of aliphatic hydroxyl groups is 1. The number of aryl methyl sites for hydroxylation is 1. The van der Waals surface area contributed by atoms with Gasteiger partial charge in [0.1, 0.15) is 5.65 Å². The number of hydrogen-bond acceptors (Lipinski definition) is 3. The molecule has 0 aliphatic carbocycles. The number of pyridine rings is 1. The zero-order valence-corrected chi connectivity index (χ0v) is 15.2.